The van der Waals surface area contributed by atoms with Crippen molar-refractivity contribution in [2.24, 2.45) is 4.99 Å². The monoisotopic (exact) mass is 145 g/mol. The van der Waals surface area contributed by atoms with Crippen LogP contribution in [0.3, 0.4) is 0 Å². The van der Waals surface area contributed by atoms with Crippen molar-refractivity contribution in [1.29, 1.82) is 0 Å². The van der Waals surface area contributed by atoms with Crippen LogP contribution in [0.15, 0.2) is 29.3 Å². The molecule has 0 unspecified atom stereocenters. The summed E-state index contributed by atoms with van der Waals surface area (Å²) >= 11 is 0. The van der Waals surface area contributed by atoms with Gasteiger partial charge >= 0.3 is 0 Å². The zero-order chi connectivity index (χ0) is 7.68. The van der Waals surface area contributed by atoms with Gasteiger partial charge in [0.2, 0.25) is 0 Å². The minimum atomic E-state index is -0.212. The second-order valence-corrected chi connectivity index (χ2v) is 2.20. The lowest BCUT2D eigenvalue weighted by Gasteiger charge is -2.06. The fourth-order valence-corrected chi connectivity index (χ4v) is 0.980. The van der Waals surface area contributed by atoms with Crippen molar-refractivity contribution >= 4 is 17.9 Å². The fraction of sp³-hybridized carbons (Fsp3) is 0. The summed E-state index contributed by atoms with van der Waals surface area (Å²) in [6.45, 7) is 0. The highest BCUT2D eigenvalue weighted by Gasteiger charge is 2.12. The number of rotatable bonds is 0. The topological polar surface area (TPSA) is 43.5 Å². The molecule has 0 atom stereocenters. The molecule has 3 nitrogen and oxygen atoms in total. The molecule has 11 heavy (non-hydrogen) atoms. The maximum atomic E-state index is 11.0. The van der Waals surface area contributed by atoms with E-state index in [1.165, 1.54) is 6.34 Å². The van der Waals surface area contributed by atoms with Gasteiger partial charge in [0, 0.05) is 0 Å². The lowest BCUT2D eigenvalue weighted by molar-refractivity contribution is 0.100. The zero-order valence-corrected chi connectivity index (χ0v) is 5.69. The van der Waals surface area contributed by atoms with Gasteiger partial charge in [0.05, 0.1) is 11.3 Å². The molecular weight excluding hydrogens is 140 g/mol. The van der Waals surface area contributed by atoms with E-state index in [2.05, 4.69) is 10.3 Å². The van der Waals surface area contributed by atoms with Gasteiger partial charge in [0.25, 0.3) is 5.91 Å². The lowest BCUT2D eigenvalue weighted by atomic mass is 10.1. The Hall–Kier alpha value is -1.64. The average molecular weight is 145 g/mol. The number of nitrogens with zero attached hydrogens (tertiary/aromatic N) is 2. The van der Waals surface area contributed by atoms with E-state index in [4.69, 9.17) is 0 Å². The van der Waals surface area contributed by atoms with E-state index >= 15 is 0 Å². The summed E-state index contributed by atoms with van der Waals surface area (Å²) in [5.41, 5.74) is 1.28. The van der Waals surface area contributed by atoms with Gasteiger partial charge in [-0.2, -0.15) is 4.99 Å². The molecule has 0 spiro atoms. The van der Waals surface area contributed by atoms with Crippen LogP contribution < -0.4 is 5.32 Å². The Balaban J connectivity index is 2.59. The maximum absolute atomic E-state index is 11.0. The van der Waals surface area contributed by atoms with Gasteiger partial charge < -0.3 is 0 Å². The van der Waals surface area contributed by atoms with Gasteiger partial charge in [-0.05, 0) is 12.1 Å². The van der Waals surface area contributed by atoms with Crippen molar-refractivity contribution in [3.63, 3.8) is 0 Å². The SMILES string of the molecule is O=C1N=C[N]c2ccccc21. The molecule has 0 saturated carbocycles. The fourth-order valence-electron chi connectivity index (χ4n) is 0.980. The third kappa shape index (κ3) is 0.902. The molecule has 0 aromatic heterocycles. The number of hydrogen-bond acceptors (Lipinski definition) is 1. The number of benzene rings is 1. The van der Waals surface area contributed by atoms with E-state index in [1.54, 1.807) is 18.2 Å². The third-order valence-electron chi connectivity index (χ3n) is 1.51. The molecule has 1 aromatic carbocycles. The molecule has 3 heteroatoms. The molecule has 0 bridgehead atoms. The van der Waals surface area contributed by atoms with Crippen LogP contribution in [0.1, 0.15) is 10.4 Å². The first-order chi connectivity index (χ1) is 5.38. The number of fused-ring (bicyclic) bond motifs is 1. The standard InChI is InChI=1S/C8H5N2O/c11-8-6-3-1-2-4-7(6)9-5-10-8/h1-5H. The summed E-state index contributed by atoms with van der Waals surface area (Å²) in [6.07, 6.45) is 1.28. The van der Waals surface area contributed by atoms with E-state index in [0.29, 0.717) is 11.3 Å². The van der Waals surface area contributed by atoms with E-state index in [1.807, 2.05) is 6.07 Å². The highest BCUT2D eigenvalue weighted by Crippen LogP contribution is 2.17. The Labute approximate surface area is 63.8 Å². The van der Waals surface area contributed by atoms with Crippen molar-refractivity contribution in [2.45, 2.75) is 0 Å². The number of carbonyl (C=O) groups excluding carboxylic acids is 1. The molecular formula is C8H5N2O. The smallest absolute Gasteiger partial charge is 0.267 e. The summed E-state index contributed by atoms with van der Waals surface area (Å²) in [5, 5.41) is 3.93. The molecule has 0 saturated heterocycles. The maximum Gasteiger partial charge on any atom is 0.280 e. The van der Waals surface area contributed by atoms with Crippen LogP contribution in [0.25, 0.3) is 0 Å². The number of amides is 1. The van der Waals surface area contributed by atoms with Crippen molar-refractivity contribution in [1.82, 2.24) is 5.32 Å². The van der Waals surface area contributed by atoms with E-state index in [-0.39, 0.29) is 5.91 Å². The van der Waals surface area contributed by atoms with Crippen LogP contribution in [0.5, 0.6) is 0 Å². The van der Waals surface area contributed by atoms with Crippen molar-refractivity contribution in [3.05, 3.63) is 29.8 Å². The molecule has 1 aromatic rings. The normalized spacial score (nSPS) is 14.0. The number of para-hydroxylation sites is 1. The molecule has 1 heterocycles. The predicted molar refractivity (Wildman–Crippen MR) is 41.1 cm³/mol. The Morgan fingerprint density at radius 3 is 2.82 bits per heavy atom. The molecule has 1 aliphatic rings. The number of aliphatic imine (C=N–C) groups is 1. The quantitative estimate of drug-likeness (QED) is 0.539. The summed E-state index contributed by atoms with van der Waals surface area (Å²) in [7, 11) is 0. The molecule has 0 N–H and O–H groups in total. The molecule has 0 fully saturated rings. The number of hydrogen-bond donors (Lipinski definition) is 0. The summed E-state index contributed by atoms with van der Waals surface area (Å²) < 4.78 is 0. The highest BCUT2D eigenvalue weighted by molar-refractivity contribution is 6.06. The van der Waals surface area contributed by atoms with Gasteiger partial charge in [0.15, 0.2) is 0 Å². The summed E-state index contributed by atoms with van der Waals surface area (Å²) in [6, 6.07) is 7.15. The average Bonchev–Trinajstić information content (AvgIpc) is 2.06. The van der Waals surface area contributed by atoms with Crippen LogP contribution in [0.4, 0.5) is 5.69 Å². The highest BCUT2D eigenvalue weighted by atomic mass is 16.1. The van der Waals surface area contributed by atoms with Crippen molar-refractivity contribution < 1.29 is 4.79 Å². The zero-order valence-electron chi connectivity index (χ0n) is 5.69. The van der Waals surface area contributed by atoms with Crippen LogP contribution >= 0.6 is 0 Å². The third-order valence-corrected chi connectivity index (χ3v) is 1.51. The van der Waals surface area contributed by atoms with Gasteiger partial charge in [-0.1, -0.05) is 12.1 Å². The molecule has 0 aliphatic carbocycles. The second-order valence-electron chi connectivity index (χ2n) is 2.20. The van der Waals surface area contributed by atoms with Crippen molar-refractivity contribution in [3.8, 4) is 0 Å². The largest absolute Gasteiger partial charge is 0.280 e. The van der Waals surface area contributed by atoms with E-state index in [9.17, 15) is 4.79 Å². The first-order valence-corrected chi connectivity index (χ1v) is 3.25. The number of carbonyl (C=O) groups is 1. The Kier molecular flexibility index (Phi) is 1.22. The molecule has 1 aliphatic heterocycles. The minimum Gasteiger partial charge on any atom is -0.267 e. The van der Waals surface area contributed by atoms with Crippen LogP contribution in [0.2, 0.25) is 0 Å². The lowest BCUT2D eigenvalue weighted by Crippen LogP contribution is -2.09. The first-order valence-electron chi connectivity index (χ1n) is 3.25. The van der Waals surface area contributed by atoms with Gasteiger partial charge in [-0.25, -0.2) is 5.32 Å². The van der Waals surface area contributed by atoms with Gasteiger partial charge in [-0.3, -0.25) is 4.79 Å². The first kappa shape index (κ1) is 6.09. The van der Waals surface area contributed by atoms with Gasteiger partial charge in [0.1, 0.15) is 6.34 Å². The van der Waals surface area contributed by atoms with Crippen LogP contribution in [-0.4, -0.2) is 12.2 Å². The Bertz CT molecular complexity index is 331. The summed E-state index contributed by atoms with van der Waals surface area (Å²) in [4.78, 5) is 14.6. The van der Waals surface area contributed by atoms with Crippen molar-refractivity contribution in [2.75, 3.05) is 0 Å². The Morgan fingerprint density at radius 2 is 2.00 bits per heavy atom. The predicted octanol–water partition coefficient (Wildman–Crippen LogP) is 1.10. The molecule has 53 valence electrons. The second kappa shape index (κ2) is 2.20. The molecule has 2 rings (SSSR count). The van der Waals surface area contributed by atoms with E-state index < -0.39 is 0 Å². The van der Waals surface area contributed by atoms with Crippen LogP contribution in [0, 0.1) is 0 Å². The van der Waals surface area contributed by atoms with Gasteiger partial charge in [-0.15, -0.1) is 0 Å². The Morgan fingerprint density at radius 1 is 1.18 bits per heavy atom. The van der Waals surface area contributed by atoms with E-state index in [0.717, 1.165) is 0 Å². The molecule has 1 amide bonds. The summed E-state index contributed by atoms with van der Waals surface area (Å²) in [5.74, 6) is -0.212. The molecule has 1 radical (unpaired) electrons. The van der Waals surface area contributed by atoms with Crippen LogP contribution in [-0.2, 0) is 0 Å². The minimum absolute atomic E-state index is 0.212.